The lowest BCUT2D eigenvalue weighted by molar-refractivity contribution is -0.136. The van der Waals surface area contributed by atoms with Crippen molar-refractivity contribution < 1.29 is 23.8 Å². The number of aromatic nitrogens is 1. The highest BCUT2D eigenvalue weighted by Crippen LogP contribution is 2.34. The molecule has 1 rings (SSSR count). The number of aliphatic carboxylic acids is 1. The molecule has 0 saturated heterocycles. The molecule has 82 valence electrons. The van der Waals surface area contributed by atoms with E-state index < -0.39 is 30.3 Å². The van der Waals surface area contributed by atoms with Crippen molar-refractivity contribution in [2.24, 2.45) is 0 Å². The average molecular weight is 282 g/mol. The van der Waals surface area contributed by atoms with Crippen molar-refractivity contribution in [3.8, 4) is 5.75 Å². The number of carboxylic acids is 1. The van der Waals surface area contributed by atoms with E-state index in [1.54, 1.807) is 0 Å². The molecule has 0 atom stereocenters. The number of pyridine rings is 1. The number of carboxylic acid groups (broad SMARTS) is 1. The summed E-state index contributed by atoms with van der Waals surface area (Å²) < 4.78 is 24.4. The first-order valence-corrected chi connectivity index (χ1v) is 4.59. The highest BCUT2D eigenvalue weighted by molar-refractivity contribution is 9.10. The molecule has 2 N–H and O–H groups in total. The second kappa shape index (κ2) is 4.52. The third-order valence-electron chi connectivity index (χ3n) is 1.64. The lowest BCUT2D eigenvalue weighted by Gasteiger charge is -2.07. The first kappa shape index (κ1) is 11.8. The molecule has 0 unspecified atom stereocenters. The molecule has 0 saturated carbocycles. The number of hydrogen-bond donors (Lipinski definition) is 2. The summed E-state index contributed by atoms with van der Waals surface area (Å²) in [5, 5.41) is 17.8. The zero-order valence-electron chi connectivity index (χ0n) is 7.25. The zero-order valence-corrected chi connectivity index (χ0v) is 8.83. The van der Waals surface area contributed by atoms with Gasteiger partial charge in [-0.25, -0.2) is 8.78 Å². The van der Waals surface area contributed by atoms with Gasteiger partial charge in [0.1, 0.15) is 5.69 Å². The van der Waals surface area contributed by atoms with Crippen molar-refractivity contribution in [1.82, 2.24) is 4.98 Å². The molecule has 0 aliphatic carbocycles. The molecule has 0 spiro atoms. The fourth-order valence-electron chi connectivity index (χ4n) is 0.976. The monoisotopic (exact) mass is 281 g/mol. The lowest BCUT2D eigenvalue weighted by Crippen LogP contribution is -2.03. The van der Waals surface area contributed by atoms with Crippen LogP contribution in [0.1, 0.15) is 17.7 Å². The van der Waals surface area contributed by atoms with E-state index in [0.29, 0.717) is 0 Å². The zero-order chi connectivity index (χ0) is 11.6. The third-order valence-corrected chi connectivity index (χ3v) is 2.53. The molecule has 1 aromatic heterocycles. The van der Waals surface area contributed by atoms with Crippen molar-refractivity contribution in [3.63, 3.8) is 0 Å². The summed E-state index contributed by atoms with van der Waals surface area (Å²) in [6.07, 6.45) is -2.30. The molecular formula is C8H6BrF2NO3. The summed E-state index contributed by atoms with van der Waals surface area (Å²) in [7, 11) is 0. The maximum absolute atomic E-state index is 12.2. The predicted molar refractivity (Wildman–Crippen MR) is 49.9 cm³/mol. The number of rotatable bonds is 3. The largest absolute Gasteiger partial charge is 0.505 e. The maximum Gasteiger partial charge on any atom is 0.307 e. The van der Waals surface area contributed by atoms with E-state index in [1.165, 1.54) is 0 Å². The van der Waals surface area contributed by atoms with Gasteiger partial charge in [0.05, 0.1) is 10.9 Å². The van der Waals surface area contributed by atoms with Crippen molar-refractivity contribution in [1.29, 1.82) is 0 Å². The van der Waals surface area contributed by atoms with Gasteiger partial charge in [-0.3, -0.25) is 9.78 Å². The van der Waals surface area contributed by atoms with Gasteiger partial charge in [-0.05, 0) is 21.5 Å². The van der Waals surface area contributed by atoms with Crippen LogP contribution in [0, 0.1) is 0 Å². The molecular weight excluding hydrogens is 276 g/mol. The molecule has 0 fully saturated rings. The van der Waals surface area contributed by atoms with Gasteiger partial charge in [0.25, 0.3) is 6.43 Å². The van der Waals surface area contributed by atoms with Crippen LogP contribution in [0.25, 0.3) is 0 Å². The van der Waals surface area contributed by atoms with E-state index >= 15 is 0 Å². The fourth-order valence-corrected chi connectivity index (χ4v) is 1.42. The first-order chi connectivity index (χ1) is 6.93. The molecule has 0 aliphatic rings. The van der Waals surface area contributed by atoms with Crippen LogP contribution < -0.4 is 0 Å². The van der Waals surface area contributed by atoms with Gasteiger partial charge >= 0.3 is 5.97 Å². The van der Waals surface area contributed by atoms with Gasteiger partial charge in [0.2, 0.25) is 0 Å². The number of hydrogen-bond acceptors (Lipinski definition) is 3. The normalized spacial score (nSPS) is 10.7. The van der Waals surface area contributed by atoms with E-state index in [2.05, 4.69) is 20.9 Å². The summed E-state index contributed by atoms with van der Waals surface area (Å²) >= 11 is 2.84. The number of halogens is 3. The Morgan fingerprint density at radius 2 is 2.20 bits per heavy atom. The number of aromatic hydroxyl groups is 1. The summed E-state index contributed by atoms with van der Waals surface area (Å²) in [6, 6.07) is 0. The van der Waals surface area contributed by atoms with Crippen molar-refractivity contribution in [3.05, 3.63) is 21.9 Å². The predicted octanol–water partition coefficient (Wildman–Crippen LogP) is 2.11. The van der Waals surface area contributed by atoms with Gasteiger partial charge in [0, 0.05) is 6.20 Å². The van der Waals surface area contributed by atoms with Crippen LogP contribution in [-0.4, -0.2) is 21.2 Å². The maximum atomic E-state index is 12.2. The molecule has 15 heavy (non-hydrogen) atoms. The Bertz CT molecular complexity index is 398. The fraction of sp³-hybridized carbons (Fsp3) is 0.250. The molecule has 0 radical (unpaired) electrons. The van der Waals surface area contributed by atoms with E-state index in [1.807, 2.05) is 0 Å². The van der Waals surface area contributed by atoms with Gasteiger partial charge in [-0.2, -0.15) is 0 Å². The van der Waals surface area contributed by atoms with Crippen molar-refractivity contribution >= 4 is 21.9 Å². The number of alkyl halides is 2. The Labute approximate surface area is 91.7 Å². The standard InChI is InChI=1S/C8H6BrF2NO3/c9-5-3(1-4(13)14)2-12-6(7(5)15)8(10)11/h2,8,15H,1H2,(H,13,14). The SMILES string of the molecule is O=C(O)Cc1cnc(C(F)F)c(O)c1Br. The van der Waals surface area contributed by atoms with Gasteiger partial charge in [-0.15, -0.1) is 0 Å². The van der Waals surface area contributed by atoms with Crippen LogP contribution >= 0.6 is 15.9 Å². The summed E-state index contributed by atoms with van der Waals surface area (Å²) in [5.41, 5.74) is -0.625. The lowest BCUT2D eigenvalue weighted by atomic mass is 10.2. The van der Waals surface area contributed by atoms with E-state index in [-0.39, 0.29) is 10.0 Å². The quantitative estimate of drug-likeness (QED) is 0.890. The summed E-state index contributed by atoms with van der Waals surface area (Å²) in [5.74, 6) is -1.86. The van der Waals surface area contributed by atoms with Crippen LogP contribution in [0.2, 0.25) is 0 Å². The minimum atomic E-state index is -2.90. The number of nitrogens with zero attached hydrogens (tertiary/aromatic N) is 1. The highest BCUT2D eigenvalue weighted by Gasteiger charge is 2.19. The van der Waals surface area contributed by atoms with Crippen LogP contribution in [0.3, 0.4) is 0 Å². The van der Waals surface area contributed by atoms with Crippen LogP contribution in [0.5, 0.6) is 5.75 Å². The Balaban J connectivity index is 3.15. The second-order valence-corrected chi connectivity index (χ2v) is 3.50. The van der Waals surface area contributed by atoms with Crippen LogP contribution in [0.4, 0.5) is 8.78 Å². The Morgan fingerprint density at radius 1 is 1.60 bits per heavy atom. The van der Waals surface area contributed by atoms with Crippen molar-refractivity contribution in [2.75, 3.05) is 0 Å². The Kier molecular flexibility index (Phi) is 3.57. The van der Waals surface area contributed by atoms with Crippen LogP contribution in [-0.2, 0) is 11.2 Å². The minimum Gasteiger partial charge on any atom is -0.505 e. The molecule has 7 heteroatoms. The van der Waals surface area contributed by atoms with E-state index in [0.717, 1.165) is 6.20 Å². The molecule has 1 heterocycles. The molecule has 0 aliphatic heterocycles. The first-order valence-electron chi connectivity index (χ1n) is 3.79. The number of carbonyl (C=O) groups is 1. The van der Waals surface area contributed by atoms with Crippen molar-refractivity contribution in [2.45, 2.75) is 12.8 Å². The Morgan fingerprint density at radius 3 is 2.67 bits per heavy atom. The van der Waals surface area contributed by atoms with Crippen LogP contribution in [0.15, 0.2) is 10.7 Å². The highest BCUT2D eigenvalue weighted by atomic mass is 79.9. The summed E-state index contributed by atoms with van der Waals surface area (Å²) in [4.78, 5) is 13.7. The minimum absolute atomic E-state index is 0.0600. The Hall–Kier alpha value is -1.24. The van der Waals surface area contributed by atoms with E-state index in [9.17, 15) is 18.7 Å². The molecule has 0 bridgehead atoms. The molecule has 0 aromatic carbocycles. The molecule has 1 aromatic rings. The van der Waals surface area contributed by atoms with Gasteiger partial charge in [0.15, 0.2) is 5.75 Å². The third kappa shape index (κ3) is 2.62. The average Bonchev–Trinajstić information content (AvgIpc) is 2.12. The smallest absolute Gasteiger partial charge is 0.307 e. The van der Waals surface area contributed by atoms with Gasteiger partial charge < -0.3 is 10.2 Å². The van der Waals surface area contributed by atoms with Gasteiger partial charge in [-0.1, -0.05) is 0 Å². The second-order valence-electron chi connectivity index (χ2n) is 2.70. The summed E-state index contributed by atoms with van der Waals surface area (Å²) in [6.45, 7) is 0. The topological polar surface area (TPSA) is 70.4 Å². The van der Waals surface area contributed by atoms with E-state index in [4.69, 9.17) is 5.11 Å². The molecule has 0 amide bonds. The molecule has 4 nitrogen and oxygen atoms in total.